The van der Waals surface area contributed by atoms with Crippen LogP contribution >= 0.6 is 0 Å². The highest BCUT2D eigenvalue weighted by atomic mass is 16.5. The fourth-order valence-electron chi connectivity index (χ4n) is 1.88. The van der Waals surface area contributed by atoms with Crippen LogP contribution in [0.4, 0.5) is 0 Å². The summed E-state index contributed by atoms with van der Waals surface area (Å²) in [5.41, 5.74) is 2.80. The molecule has 2 aliphatic carbocycles. The first-order chi connectivity index (χ1) is 8.24. The third kappa shape index (κ3) is 1.58. The average Bonchev–Trinajstić information content (AvgIpc) is 2.53. The molecule has 1 heterocycles. The molecule has 0 saturated heterocycles. The molecule has 2 heteroatoms. The minimum Gasteiger partial charge on any atom is -0.423 e. The molecule has 16 heavy (non-hydrogen) atoms. The second-order valence-electron chi connectivity index (χ2n) is 3.81. The van der Waals surface area contributed by atoms with Crippen molar-refractivity contribution in [1.29, 1.82) is 0 Å². The van der Waals surface area contributed by atoms with Gasteiger partial charge in [0.05, 0.1) is 1.37 Å². The van der Waals surface area contributed by atoms with Gasteiger partial charge in [0.2, 0.25) is 0 Å². The second-order valence-corrected chi connectivity index (χ2v) is 3.81. The van der Waals surface area contributed by atoms with Crippen LogP contribution in [0.1, 0.15) is 7.79 Å². The van der Waals surface area contributed by atoms with E-state index in [1.807, 2.05) is 36.5 Å². The van der Waals surface area contributed by atoms with Gasteiger partial charge in [-0.05, 0) is 29.7 Å². The van der Waals surface area contributed by atoms with Crippen molar-refractivity contribution in [2.75, 3.05) is 0 Å². The zero-order chi connectivity index (χ0) is 11.8. The van der Waals surface area contributed by atoms with Crippen LogP contribution in [0, 0.1) is 0 Å². The Morgan fingerprint density at radius 1 is 1.19 bits per heavy atom. The van der Waals surface area contributed by atoms with E-state index in [0.29, 0.717) is 11.3 Å². The Labute approximate surface area is 95.0 Å². The van der Waals surface area contributed by atoms with Gasteiger partial charge in [-0.3, -0.25) is 0 Å². The lowest BCUT2D eigenvalue weighted by Crippen LogP contribution is -1.93. The van der Waals surface area contributed by atoms with Crippen molar-refractivity contribution in [1.82, 2.24) is 0 Å². The Kier molecular flexibility index (Phi) is 1.77. The van der Waals surface area contributed by atoms with E-state index >= 15 is 0 Å². The highest BCUT2D eigenvalue weighted by Gasteiger charge is 2.19. The fourth-order valence-corrected chi connectivity index (χ4v) is 1.88. The highest BCUT2D eigenvalue weighted by molar-refractivity contribution is 5.89. The SMILES string of the molecule is [2H]C1=C2C=C3C=CC=CC(=CC=C2OC1=O)C3. The Hall–Kier alpha value is -2.09. The van der Waals surface area contributed by atoms with Crippen molar-refractivity contribution in [3.63, 3.8) is 0 Å². The summed E-state index contributed by atoms with van der Waals surface area (Å²) in [4.78, 5) is 11.3. The van der Waals surface area contributed by atoms with Gasteiger partial charge in [-0.15, -0.1) is 0 Å². The van der Waals surface area contributed by atoms with Crippen molar-refractivity contribution in [2.24, 2.45) is 0 Å². The van der Waals surface area contributed by atoms with Gasteiger partial charge in [0.15, 0.2) is 0 Å². The maximum atomic E-state index is 11.3. The monoisotopic (exact) mass is 211 g/mol. The van der Waals surface area contributed by atoms with Crippen LogP contribution in [0.25, 0.3) is 0 Å². The molecule has 0 aromatic heterocycles. The molecule has 0 unspecified atom stereocenters. The summed E-state index contributed by atoms with van der Waals surface area (Å²) >= 11 is 0. The second kappa shape index (κ2) is 3.49. The molecule has 3 aliphatic rings. The summed E-state index contributed by atoms with van der Waals surface area (Å²) in [5.74, 6) is -0.103. The molecule has 78 valence electrons. The van der Waals surface area contributed by atoms with Gasteiger partial charge in [-0.2, -0.15) is 0 Å². The highest BCUT2D eigenvalue weighted by Crippen LogP contribution is 2.28. The number of fused-ring (bicyclic) bond motifs is 3. The molecule has 1 aliphatic heterocycles. The number of hydrogen-bond acceptors (Lipinski definition) is 2. The summed E-state index contributed by atoms with van der Waals surface area (Å²) in [6, 6.07) is -0.0637. The number of ether oxygens (including phenoxy) is 1. The maximum Gasteiger partial charge on any atom is 0.336 e. The van der Waals surface area contributed by atoms with Gasteiger partial charge in [-0.25, -0.2) is 4.79 Å². The van der Waals surface area contributed by atoms with Crippen LogP contribution in [0.2, 0.25) is 0 Å². The predicted octanol–water partition coefficient (Wildman–Crippen LogP) is 2.74. The molecule has 0 aromatic rings. The molecule has 3 rings (SSSR count). The Balaban J connectivity index is 2.20. The largest absolute Gasteiger partial charge is 0.423 e. The number of hydrogen-bond donors (Lipinski definition) is 0. The van der Waals surface area contributed by atoms with Gasteiger partial charge in [-0.1, -0.05) is 30.4 Å². The molecule has 0 radical (unpaired) electrons. The van der Waals surface area contributed by atoms with Gasteiger partial charge in [0.1, 0.15) is 5.76 Å². The zero-order valence-electron chi connectivity index (χ0n) is 9.57. The minimum absolute atomic E-state index is 0.0637. The van der Waals surface area contributed by atoms with Crippen LogP contribution in [0.3, 0.4) is 0 Å². The number of carbonyl (C=O) groups is 1. The molecule has 0 N–H and O–H groups in total. The molecule has 0 fully saturated rings. The van der Waals surface area contributed by atoms with Crippen LogP contribution in [-0.4, -0.2) is 5.97 Å². The van der Waals surface area contributed by atoms with E-state index in [-0.39, 0.29) is 6.05 Å². The van der Waals surface area contributed by atoms with E-state index in [0.717, 1.165) is 17.6 Å². The molecule has 2 bridgehead atoms. The van der Waals surface area contributed by atoms with Gasteiger partial charge in [0.25, 0.3) is 0 Å². The lowest BCUT2D eigenvalue weighted by Gasteiger charge is -2.07. The van der Waals surface area contributed by atoms with E-state index in [2.05, 4.69) is 0 Å². The van der Waals surface area contributed by atoms with Gasteiger partial charge >= 0.3 is 5.97 Å². The first kappa shape index (κ1) is 8.11. The van der Waals surface area contributed by atoms with E-state index in [1.165, 1.54) is 0 Å². The molecule has 0 amide bonds. The average molecular weight is 211 g/mol. The van der Waals surface area contributed by atoms with E-state index < -0.39 is 5.97 Å². The van der Waals surface area contributed by atoms with E-state index in [1.54, 1.807) is 6.08 Å². The zero-order valence-corrected chi connectivity index (χ0v) is 8.57. The molecule has 0 aromatic carbocycles. The Morgan fingerprint density at radius 3 is 2.88 bits per heavy atom. The maximum absolute atomic E-state index is 11.3. The third-order valence-corrected chi connectivity index (χ3v) is 2.62. The van der Waals surface area contributed by atoms with Crippen molar-refractivity contribution < 1.29 is 10.9 Å². The summed E-state index contributed by atoms with van der Waals surface area (Å²) < 4.78 is 12.7. The Morgan fingerprint density at radius 2 is 2.00 bits per heavy atom. The minimum atomic E-state index is -0.574. The first-order valence-corrected chi connectivity index (χ1v) is 5.13. The van der Waals surface area contributed by atoms with Gasteiger partial charge < -0.3 is 4.74 Å². The molecule has 0 saturated carbocycles. The summed E-state index contributed by atoms with van der Waals surface area (Å²) in [6.45, 7) is 0. The quantitative estimate of drug-likeness (QED) is 0.576. The van der Waals surface area contributed by atoms with Crippen LogP contribution < -0.4 is 0 Å². The summed E-state index contributed by atoms with van der Waals surface area (Å²) in [7, 11) is 0. The van der Waals surface area contributed by atoms with Crippen molar-refractivity contribution in [2.45, 2.75) is 6.42 Å². The summed E-state index contributed by atoms with van der Waals surface area (Å²) in [6.07, 6.45) is 14.3. The Bertz CT molecular complexity index is 583. The fraction of sp³-hybridized carbons (Fsp3) is 0.0714. The molecular formula is C14H10O2. The van der Waals surface area contributed by atoms with Crippen LogP contribution in [-0.2, 0) is 9.53 Å². The van der Waals surface area contributed by atoms with Crippen LogP contribution in [0.15, 0.2) is 71.1 Å². The summed E-state index contributed by atoms with van der Waals surface area (Å²) in [5, 5.41) is 0. The molecule has 2 nitrogen and oxygen atoms in total. The van der Waals surface area contributed by atoms with E-state index in [4.69, 9.17) is 6.11 Å². The molecular weight excluding hydrogens is 200 g/mol. The predicted molar refractivity (Wildman–Crippen MR) is 61.3 cm³/mol. The van der Waals surface area contributed by atoms with Crippen molar-refractivity contribution in [3.05, 3.63) is 71.1 Å². The molecule has 0 atom stereocenters. The third-order valence-electron chi connectivity index (χ3n) is 2.62. The number of rotatable bonds is 0. The number of carbonyl (C=O) groups excluding carboxylic acids is 1. The standard InChI is InChI=1S/C14H10O2/c15-14-9-12-8-11-4-2-1-3-10(7-11)5-6-13(12)16-14/h1-6,8-9H,7H2/i9D. The first-order valence-electron chi connectivity index (χ1n) is 5.63. The number of allylic oxidation sites excluding steroid dienone is 9. The normalized spacial score (nSPS) is 23.4. The topological polar surface area (TPSA) is 26.3 Å². The van der Waals surface area contributed by atoms with Crippen molar-refractivity contribution >= 4 is 5.97 Å². The van der Waals surface area contributed by atoms with Gasteiger partial charge in [0, 0.05) is 11.6 Å². The van der Waals surface area contributed by atoms with Crippen molar-refractivity contribution in [3.8, 4) is 0 Å². The lowest BCUT2D eigenvalue weighted by atomic mass is 10.00. The number of esters is 1. The molecule has 0 spiro atoms. The van der Waals surface area contributed by atoms with Crippen LogP contribution in [0.5, 0.6) is 0 Å². The van der Waals surface area contributed by atoms with E-state index in [9.17, 15) is 4.79 Å². The lowest BCUT2D eigenvalue weighted by molar-refractivity contribution is -0.132. The smallest absolute Gasteiger partial charge is 0.336 e.